The second kappa shape index (κ2) is 11.7. The van der Waals surface area contributed by atoms with E-state index in [-0.39, 0.29) is 11.0 Å². The monoisotopic (exact) mass is 535 g/mol. The molecule has 0 bridgehead atoms. The third kappa shape index (κ3) is 7.05. The highest BCUT2D eigenvalue weighted by atomic mass is 35.5. The van der Waals surface area contributed by atoms with Crippen molar-refractivity contribution in [2.75, 3.05) is 10.6 Å². The van der Waals surface area contributed by atoms with Crippen molar-refractivity contribution in [1.82, 2.24) is 5.32 Å². The minimum Gasteiger partial charge on any atom is -0.457 e. The van der Waals surface area contributed by atoms with Crippen molar-refractivity contribution in [1.29, 1.82) is 0 Å². The first-order valence-corrected chi connectivity index (χ1v) is 11.8. The zero-order valence-electron chi connectivity index (χ0n) is 18.6. The lowest BCUT2D eigenvalue weighted by molar-refractivity contribution is -0.115. The first-order valence-electron chi connectivity index (χ1n) is 10.7. The van der Waals surface area contributed by atoms with Crippen LogP contribution in [0.1, 0.15) is 16.1 Å². The molecule has 2 amide bonds. The van der Waals surface area contributed by atoms with Crippen molar-refractivity contribution in [3.63, 3.8) is 0 Å². The summed E-state index contributed by atoms with van der Waals surface area (Å²) in [6, 6.07) is 24.5. The van der Waals surface area contributed by atoms with Gasteiger partial charge in [-0.15, -0.1) is 0 Å². The van der Waals surface area contributed by atoms with Gasteiger partial charge in [-0.1, -0.05) is 47.5 Å². The number of benzene rings is 3. The second-order valence-corrected chi connectivity index (χ2v) is 8.82. The van der Waals surface area contributed by atoms with E-state index in [0.717, 1.165) is 5.56 Å². The molecule has 0 fully saturated rings. The van der Waals surface area contributed by atoms with Crippen molar-refractivity contribution in [2.24, 2.45) is 0 Å². The Hall–Kier alpha value is -3.91. The minimum absolute atomic E-state index is 0.102. The van der Waals surface area contributed by atoms with Crippen molar-refractivity contribution in [3.05, 3.63) is 112 Å². The highest BCUT2D eigenvalue weighted by Crippen LogP contribution is 2.29. The Morgan fingerprint density at radius 2 is 1.50 bits per heavy atom. The van der Waals surface area contributed by atoms with E-state index in [4.69, 9.17) is 39.8 Å². The zero-order valence-corrected chi connectivity index (χ0v) is 21.0. The fraction of sp³-hybridized carbons (Fsp3) is 0. The lowest BCUT2D eigenvalue weighted by Crippen LogP contribution is -2.32. The molecule has 0 unspecified atom stereocenters. The van der Waals surface area contributed by atoms with Crippen LogP contribution < -0.4 is 16.0 Å². The number of nitrogens with one attached hydrogen (secondary N) is 3. The van der Waals surface area contributed by atoms with Gasteiger partial charge < -0.3 is 15.1 Å². The normalized spacial score (nSPS) is 10.7. The molecule has 4 aromatic rings. The average molecular weight is 536 g/mol. The average Bonchev–Trinajstić information content (AvgIpc) is 3.32. The maximum atomic E-state index is 12.4. The SMILES string of the molecule is O=C(/C=C/c1ccc(-c2cc(Cl)cc(Cl)c2)o1)NC(=S)Nc1cccc(NC(=O)c2ccccc2)c1. The van der Waals surface area contributed by atoms with E-state index < -0.39 is 5.91 Å². The summed E-state index contributed by atoms with van der Waals surface area (Å²) in [7, 11) is 0. The predicted molar refractivity (Wildman–Crippen MR) is 148 cm³/mol. The molecule has 3 N–H and O–H groups in total. The molecule has 3 aromatic carbocycles. The zero-order chi connectivity index (χ0) is 25.5. The standard InChI is InChI=1S/C27H19Cl2N3O3S/c28-19-13-18(14-20(29)15-19)24-11-9-23(35-24)10-12-25(33)32-27(36)31-22-8-4-7-21(16-22)30-26(34)17-5-2-1-3-6-17/h1-16H,(H,30,34)(H2,31,32,33,36)/b12-10+. The fourth-order valence-corrected chi connectivity index (χ4v) is 3.98. The lowest BCUT2D eigenvalue weighted by Gasteiger charge is -2.10. The van der Waals surface area contributed by atoms with Gasteiger partial charge in [0.2, 0.25) is 5.91 Å². The van der Waals surface area contributed by atoms with E-state index in [1.165, 1.54) is 12.2 Å². The Balaban J connectivity index is 1.32. The van der Waals surface area contributed by atoms with Gasteiger partial charge in [0, 0.05) is 38.6 Å². The van der Waals surface area contributed by atoms with Gasteiger partial charge in [0.05, 0.1) is 0 Å². The smallest absolute Gasteiger partial charge is 0.255 e. The van der Waals surface area contributed by atoms with Crippen molar-refractivity contribution >= 4 is 69.8 Å². The molecule has 1 heterocycles. The van der Waals surface area contributed by atoms with Crippen molar-refractivity contribution in [2.45, 2.75) is 0 Å². The van der Waals surface area contributed by atoms with Crippen molar-refractivity contribution < 1.29 is 14.0 Å². The number of thiocarbonyl (C=S) groups is 1. The molecule has 0 aliphatic carbocycles. The third-order valence-corrected chi connectivity index (χ3v) is 5.46. The summed E-state index contributed by atoms with van der Waals surface area (Å²) >= 11 is 17.3. The Kier molecular flexibility index (Phi) is 8.17. The maximum absolute atomic E-state index is 12.4. The van der Waals surface area contributed by atoms with Gasteiger partial charge in [0.25, 0.3) is 5.91 Å². The number of hydrogen-bond acceptors (Lipinski definition) is 4. The number of carbonyl (C=O) groups is 2. The number of rotatable bonds is 6. The van der Waals surface area contributed by atoms with Crippen LogP contribution in [0.4, 0.5) is 11.4 Å². The van der Waals surface area contributed by atoms with E-state index in [1.807, 2.05) is 6.07 Å². The quantitative estimate of drug-likeness (QED) is 0.182. The Morgan fingerprint density at radius 3 is 2.22 bits per heavy atom. The van der Waals surface area contributed by atoms with E-state index in [1.54, 1.807) is 78.9 Å². The Bertz CT molecular complexity index is 1430. The van der Waals surface area contributed by atoms with Gasteiger partial charge in [0.1, 0.15) is 11.5 Å². The molecule has 4 rings (SSSR count). The van der Waals surface area contributed by atoms with Gasteiger partial charge in [0.15, 0.2) is 5.11 Å². The summed E-state index contributed by atoms with van der Waals surface area (Å²) in [4.78, 5) is 24.6. The molecule has 0 radical (unpaired) electrons. The first kappa shape index (κ1) is 25.2. The molecule has 180 valence electrons. The van der Waals surface area contributed by atoms with Crippen LogP contribution in [-0.2, 0) is 4.79 Å². The van der Waals surface area contributed by atoms with Gasteiger partial charge in [-0.3, -0.25) is 14.9 Å². The predicted octanol–water partition coefficient (Wildman–Crippen LogP) is 7.03. The van der Waals surface area contributed by atoms with Crippen LogP contribution in [-0.4, -0.2) is 16.9 Å². The molecular formula is C27H19Cl2N3O3S. The number of amides is 2. The summed E-state index contributed by atoms with van der Waals surface area (Å²) in [6.45, 7) is 0. The second-order valence-electron chi connectivity index (χ2n) is 7.54. The molecule has 0 saturated heterocycles. The minimum atomic E-state index is -0.440. The van der Waals surface area contributed by atoms with Crippen LogP contribution in [0, 0.1) is 0 Å². The molecule has 9 heteroatoms. The Labute approximate surface area is 222 Å². The van der Waals surface area contributed by atoms with Crippen LogP contribution in [0.5, 0.6) is 0 Å². The number of halogens is 2. The topological polar surface area (TPSA) is 83.4 Å². The van der Waals surface area contributed by atoms with Crippen LogP contribution in [0.2, 0.25) is 10.0 Å². The number of carbonyl (C=O) groups excluding carboxylic acids is 2. The lowest BCUT2D eigenvalue weighted by atomic mass is 10.2. The van der Waals surface area contributed by atoms with Crippen LogP contribution in [0.25, 0.3) is 17.4 Å². The first-order chi connectivity index (χ1) is 17.4. The molecular weight excluding hydrogens is 517 g/mol. The van der Waals surface area contributed by atoms with Crippen molar-refractivity contribution in [3.8, 4) is 11.3 Å². The highest BCUT2D eigenvalue weighted by Gasteiger charge is 2.08. The molecule has 0 spiro atoms. The summed E-state index contributed by atoms with van der Waals surface area (Å²) in [5, 5.41) is 9.41. The molecule has 6 nitrogen and oxygen atoms in total. The van der Waals surface area contributed by atoms with E-state index in [9.17, 15) is 9.59 Å². The van der Waals surface area contributed by atoms with Gasteiger partial charge >= 0.3 is 0 Å². The molecule has 1 aromatic heterocycles. The Morgan fingerprint density at radius 1 is 0.806 bits per heavy atom. The van der Waals surface area contributed by atoms with E-state index >= 15 is 0 Å². The summed E-state index contributed by atoms with van der Waals surface area (Å²) in [5.41, 5.74) is 2.46. The number of hydrogen-bond donors (Lipinski definition) is 3. The van der Waals surface area contributed by atoms with Gasteiger partial charge in [-0.25, -0.2) is 0 Å². The van der Waals surface area contributed by atoms with Crippen LogP contribution in [0.3, 0.4) is 0 Å². The van der Waals surface area contributed by atoms with Gasteiger partial charge in [-0.2, -0.15) is 0 Å². The third-order valence-electron chi connectivity index (χ3n) is 4.82. The van der Waals surface area contributed by atoms with E-state index in [0.29, 0.717) is 38.5 Å². The summed E-state index contributed by atoms with van der Waals surface area (Å²) < 4.78 is 5.74. The number of furan rings is 1. The summed E-state index contributed by atoms with van der Waals surface area (Å²) in [6.07, 6.45) is 2.82. The maximum Gasteiger partial charge on any atom is 0.255 e. The number of anilines is 2. The van der Waals surface area contributed by atoms with Gasteiger partial charge in [-0.05, 0) is 79.0 Å². The molecule has 0 aliphatic heterocycles. The molecule has 36 heavy (non-hydrogen) atoms. The highest BCUT2D eigenvalue weighted by molar-refractivity contribution is 7.80. The largest absolute Gasteiger partial charge is 0.457 e. The molecule has 0 atom stereocenters. The fourth-order valence-electron chi connectivity index (χ4n) is 3.23. The van der Waals surface area contributed by atoms with Crippen LogP contribution >= 0.6 is 35.4 Å². The molecule has 0 aliphatic rings. The summed E-state index contributed by atoms with van der Waals surface area (Å²) in [5.74, 6) is 0.367. The van der Waals surface area contributed by atoms with Crippen LogP contribution in [0.15, 0.2) is 95.4 Å². The molecule has 0 saturated carbocycles. The van der Waals surface area contributed by atoms with E-state index in [2.05, 4.69) is 16.0 Å².